The summed E-state index contributed by atoms with van der Waals surface area (Å²) in [5.74, 6) is -0.686. The fraction of sp³-hybridized carbons (Fsp3) is 0.864. The number of Topliss-reactive ketones (excluding diaryl/α,β-unsaturated/α-hetero) is 1. The molecule has 1 rings (SSSR count). The van der Waals surface area contributed by atoms with Crippen LogP contribution in [-0.4, -0.2) is 35.0 Å². The number of carbonyl (C=O) groups is 3. The number of esters is 2. The number of hydrogen-bond donors (Lipinski definition) is 1. The number of nitrogens with two attached hydrogens (primary N) is 1. The van der Waals surface area contributed by atoms with Gasteiger partial charge in [-0.2, -0.15) is 0 Å². The quantitative estimate of drug-likeness (QED) is 0.702. The molecule has 0 amide bonds. The third-order valence-corrected chi connectivity index (χ3v) is 5.37. The molecule has 1 fully saturated rings. The molecule has 2 atom stereocenters. The van der Waals surface area contributed by atoms with Gasteiger partial charge in [-0.05, 0) is 59.8 Å². The molecule has 0 aliphatic heterocycles. The fourth-order valence-corrected chi connectivity index (χ4v) is 3.43. The summed E-state index contributed by atoms with van der Waals surface area (Å²) >= 11 is 0. The zero-order chi connectivity index (χ0) is 21.6. The van der Waals surface area contributed by atoms with Gasteiger partial charge in [-0.15, -0.1) is 0 Å². The first-order valence-electron chi connectivity index (χ1n) is 10.5. The third kappa shape index (κ3) is 8.72. The van der Waals surface area contributed by atoms with Crippen LogP contribution in [0.5, 0.6) is 0 Å². The van der Waals surface area contributed by atoms with Crippen LogP contribution < -0.4 is 5.73 Å². The Morgan fingerprint density at radius 1 is 1.07 bits per heavy atom. The van der Waals surface area contributed by atoms with Gasteiger partial charge in [-0.25, -0.2) is 0 Å². The maximum atomic E-state index is 12.5. The van der Waals surface area contributed by atoms with Crippen molar-refractivity contribution in [3.8, 4) is 0 Å². The Hall–Kier alpha value is -1.43. The lowest BCUT2D eigenvalue weighted by molar-refractivity contribution is -0.163. The van der Waals surface area contributed by atoms with Crippen molar-refractivity contribution in [3.63, 3.8) is 0 Å². The second-order valence-corrected chi connectivity index (χ2v) is 9.97. The molecule has 0 spiro atoms. The van der Waals surface area contributed by atoms with E-state index in [1.807, 2.05) is 20.8 Å². The highest BCUT2D eigenvalue weighted by Gasteiger charge is 2.35. The molecule has 0 radical (unpaired) electrons. The van der Waals surface area contributed by atoms with Gasteiger partial charge in [0.2, 0.25) is 0 Å². The topological polar surface area (TPSA) is 95.7 Å². The van der Waals surface area contributed by atoms with Gasteiger partial charge >= 0.3 is 11.9 Å². The first-order valence-corrected chi connectivity index (χ1v) is 10.5. The molecule has 6 nitrogen and oxygen atoms in total. The molecular formula is C22H39NO5. The van der Waals surface area contributed by atoms with E-state index in [0.29, 0.717) is 19.3 Å². The van der Waals surface area contributed by atoms with Gasteiger partial charge in [0.05, 0.1) is 0 Å². The highest BCUT2D eigenvalue weighted by atomic mass is 16.6. The summed E-state index contributed by atoms with van der Waals surface area (Å²) in [7, 11) is 0. The van der Waals surface area contributed by atoms with Crippen LogP contribution in [0.1, 0.15) is 99.3 Å². The van der Waals surface area contributed by atoms with Crippen LogP contribution in [0, 0.1) is 5.41 Å². The van der Waals surface area contributed by atoms with E-state index in [0.717, 1.165) is 25.7 Å². The molecule has 0 saturated heterocycles. The molecule has 1 aliphatic rings. The minimum Gasteiger partial charge on any atom is -0.460 e. The third-order valence-electron chi connectivity index (χ3n) is 5.37. The minimum absolute atomic E-state index is 0.0664. The smallest absolute Gasteiger partial charge is 0.323 e. The van der Waals surface area contributed by atoms with Crippen molar-refractivity contribution in [1.29, 1.82) is 0 Å². The van der Waals surface area contributed by atoms with Crippen LogP contribution in [0.25, 0.3) is 0 Å². The summed E-state index contributed by atoms with van der Waals surface area (Å²) < 4.78 is 11.0. The molecule has 0 bridgehead atoms. The minimum atomic E-state index is -0.883. The monoisotopic (exact) mass is 397 g/mol. The molecule has 1 saturated carbocycles. The number of ketones is 1. The molecule has 0 aromatic rings. The summed E-state index contributed by atoms with van der Waals surface area (Å²) in [6.45, 7) is 11.2. The first kappa shape index (κ1) is 24.6. The Morgan fingerprint density at radius 3 is 2.29 bits per heavy atom. The summed E-state index contributed by atoms with van der Waals surface area (Å²) in [6, 6.07) is -0.883. The maximum Gasteiger partial charge on any atom is 0.323 e. The normalized spacial score (nSPS) is 24.9. The molecule has 0 aromatic carbocycles. The van der Waals surface area contributed by atoms with Gasteiger partial charge < -0.3 is 15.2 Å². The Labute approximate surface area is 169 Å². The largest absolute Gasteiger partial charge is 0.460 e. The number of carbonyl (C=O) groups excluding carboxylic acids is 3. The highest BCUT2D eigenvalue weighted by molar-refractivity contribution is 5.84. The molecule has 0 aromatic heterocycles. The zero-order valence-corrected chi connectivity index (χ0v) is 18.6. The molecular weight excluding hydrogens is 358 g/mol. The Bertz CT molecular complexity index is 564. The van der Waals surface area contributed by atoms with Gasteiger partial charge in [0.25, 0.3) is 0 Å². The first-order chi connectivity index (χ1) is 12.7. The van der Waals surface area contributed by atoms with Crippen LogP contribution >= 0.6 is 0 Å². The molecule has 0 heterocycles. The van der Waals surface area contributed by atoms with Gasteiger partial charge in [-0.3, -0.25) is 14.4 Å². The molecule has 1 aliphatic carbocycles. The summed E-state index contributed by atoms with van der Waals surface area (Å²) in [6.07, 6.45) is 5.70. The summed E-state index contributed by atoms with van der Waals surface area (Å²) in [4.78, 5) is 36.8. The van der Waals surface area contributed by atoms with E-state index >= 15 is 0 Å². The van der Waals surface area contributed by atoms with Crippen molar-refractivity contribution in [1.82, 2.24) is 0 Å². The molecule has 162 valence electrons. The Balaban J connectivity index is 2.63. The number of ether oxygens (including phenoxy) is 2. The standard InChI is InChI=1S/C22H39NO5/c1-20(2,3)27-18(25)11-10-16(23)19(26)28-22(6)14-9-7-8-13-21(4,5)17(24)12-15-22/h16H,7-15,23H2,1-6H3. The second-order valence-electron chi connectivity index (χ2n) is 9.97. The van der Waals surface area contributed by atoms with E-state index in [-0.39, 0.29) is 30.0 Å². The van der Waals surface area contributed by atoms with Crippen molar-refractivity contribution >= 4 is 17.7 Å². The summed E-state index contributed by atoms with van der Waals surface area (Å²) in [5.41, 5.74) is 4.36. The van der Waals surface area contributed by atoms with Crippen LogP contribution in [0.2, 0.25) is 0 Å². The lowest BCUT2D eigenvalue weighted by Crippen LogP contribution is -2.41. The average molecular weight is 398 g/mol. The van der Waals surface area contributed by atoms with Crippen molar-refractivity contribution in [2.45, 2.75) is 117 Å². The fourth-order valence-electron chi connectivity index (χ4n) is 3.43. The molecule has 28 heavy (non-hydrogen) atoms. The van der Waals surface area contributed by atoms with Crippen molar-refractivity contribution in [2.75, 3.05) is 0 Å². The van der Waals surface area contributed by atoms with E-state index in [1.54, 1.807) is 20.8 Å². The molecule has 2 unspecified atom stereocenters. The van der Waals surface area contributed by atoms with Gasteiger partial charge in [0.1, 0.15) is 23.0 Å². The average Bonchev–Trinajstić information content (AvgIpc) is 2.54. The second kappa shape index (κ2) is 9.86. The number of hydrogen-bond acceptors (Lipinski definition) is 6. The van der Waals surface area contributed by atoms with E-state index in [4.69, 9.17) is 15.2 Å². The zero-order valence-electron chi connectivity index (χ0n) is 18.6. The summed E-state index contributed by atoms with van der Waals surface area (Å²) in [5, 5.41) is 0. The van der Waals surface area contributed by atoms with E-state index in [9.17, 15) is 14.4 Å². The Kier molecular flexibility index (Phi) is 8.66. The lowest BCUT2D eigenvalue weighted by Gasteiger charge is -2.33. The van der Waals surface area contributed by atoms with Gasteiger partial charge in [-0.1, -0.05) is 26.7 Å². The van der Waals surface area contributed by atoms with Crippen molar-refractivity contribution in [3.05, 3.63) is 0 Å². The van der Waals surface area contributed by atoms with Crippen LogP contribution in [-0.2, 0) is 23.9 Å². The predicted molar refractivity (Wildman–Crippen MR) is 109 cm³/mol. The lowest BCUT2D eigenvalue weighted by atomic mass is 9.77. The predicted octanol–water partition coefficient (Wildman–Crippen LogP) is 4.08. The SMILES string of the molecule is CC(C)(C)OC(=O)CCC(N)C(=O)OC1(C)CCCCCC(C)(C)C(=O)CC1. The van der Waals surface area contributed by atoms with E-state index < -0.39 is 23.2 Å². The van der Waals surface area contributed by atoms with Gasteiger partial charge in [0, 0.05) is 18.3 Å². The molecule has 2 N–H and O–H groups in total. The van der Waals surface area contributed by atoms with E-state index in [1.165, 1.54) is 0 Å². The van der Waals surface area contributed by atoms with E-state index in [2.05, 4.69) is 0 Å². The van der Waals surface area contributed by atoms with Crippen LogP contribution in [0.4, 0.5) is 0 Å². The van der Waals surface area contributed by atoms with Crippen LogP contribution in [0.3, 0.4) is 0 Å². The molecule has 6 heteroatoms. The van der Waals surface area contributed by atoms with Crippen molar-refractivity contribution in [2.24, 2.45) is 11.1 Å². The highest BCUT2D eigenvalue weighted by Crippen LogP contribution is 2.33. The number of rotatable bonds is 5. The van der Waals surface area contributed by atoms with Crippen LogP contribution in [0.15, 0.2) is 0 Å². The van der Waals surface area contributed by atoms with Crippen molar-refractivity contribution < 1.29 is 23.9 Å². The maximum absolute atomic E-state index is 12.5. The Morgan fingerprint density at radius 2 is 1.68 bits per heavy atom. The van der Waals surface area contributed by atoms with Gasteiger partial charge in [0.15, 0.2) is 0 Å².